The average Bonchev–Trinajstić information content (AvgIpc) is 2.58. The smallest absolute Gasteiger partial charge is 0.151 e. The molecule has 1 N–H and O–H groups in total. The van der Waals surface area contributed by atoms with Gasteiger partial charge >= 0.3 is 0 Å². The van der Waals surface area contributed by atoms with E-state index < -0.39 is 9.84 Å². The van der Waals surface area contributed by atoms with Crippen LogP contribution in [0.15, 0.2) is 0 Å². The van der Waals surface area contributed by atoms with Crippen LogP contribution >= 0.6 is 0 Å². The number of nitrogens with one attached hydrogen (secondary N) is 1. The lowest BCUT2D eigenvalue weighted by atomic mass is 9.70. The van der Waals surface area contributed by atoms with E-state index in [-0.39, 0.29) is 11.3 Å². The highest BCUT2D eigenvalue weighted by Crippen LogP contribution is 2.40. The second-order valence-corrected chi connectivity index (χ2v) is 8.22. The van der Waals surface area contributed by atoms with Crippen LogP contribution in [-0.2, 0) is 9.84 Å². The van der Waals surface area contributed by atoms with Crippen molar-refractivity contribution in [2.45, 2.75) is 56.7 Å². The highest BCUT2D eigenvalue weighted by Gasteiger charge is 2.37. The average molecular weight is 245 g/mol. The minimum atomic E-state index is -2.87. The Bertz CT molecular complexity index is 346. The summed E-state index contributed by atoms with van der Waals surface area (Å²) in [5.41, 5.74) is 0.435. The zero-order chi connectivity index (χ0) is 11.8. The standard InChI is InChI=1S/C12H23NO2S/c1-12(7-4-8-12)9-13-10-5-3-6-11(10)16(2,14)15/h10-11,13H,3-9H2,1-2H3. The molecule has 2 fully saturated rings. The molecule has 0 amide bonds. The third-order valence-corrected chi connectivity index (χ3v) is 6.02. The molecule has 2 aliphatic rings. The fourth-order valence-corrected chi connectivity index (χ4v) is 4.43. The molecule has 0 heterocycles. The predicted molar refractivity (Wildman–Crippen MR) is 66.2 cm³/mol. The summed E-state index contributed by atoms with van der Waals surface area (Å²) in [7, 11) is -2.87. The molecule has 0 saturated heterocycles. The molecule has 0 aromatic heterocycles. The Morgan fingerprint density at radius 2 is 1.94 bits per heavy atom. The van der Waals surface area contributed by atoms with E-state index in [0.29, 0.717) is 5.41 Å². The van der Waals surface area contributed by atoms with E-state index in [2.05, 4.69) is 12.2 Å². The Labute approximate surface area is 98.9 Å². The van der Waals surface area contributed by atoms with Gasteiger partial charge in [0.1, 0.15) is 0 Å². The fraction of sp³-hybridized carbons (Fsp3) is 1.00. The Hall–Kier alpha value is -0.0900. The monoisotopic (exact) mass is 245 g/mol. The Morgan fingerprint density at radius 1 is 1.25 bits per heavy atom. The van der Waals surface area contributed by atoms with Crippen molar-refractivity contribution in [3.05, 3.63) is 0 Å². The largest absolute Gasteiger partial charge is 0.312 e. The van der Waals surface area contributed by atoms with Gasteiger partial charge < -0.3 is 5.32 Å². The third kappa shape index (κ3) is 2.59. The van der Waals surface area contributed by atoms with Gasteiger partial charge in [-0.2, -0.15) is 0 Å². The summed E-state index contributed by atoms with van der Waals surface area (Å²) >= 11 is 0. The Kier molecular flexibility index (Phi) is 3.32. The molecule has 0 radical (unpaired) electrons. The molecule has 0 aromatic rings. The van der Waals surface area contributed by atoms with Gasteiger partial charge in [-0.1, -0.05) is 19.8 Å². The van der Waals surface area contributed by atoms with Crippen molar-refractivity contribution in [3.63, 3.8) is 0 Å². The molecule has 0 aliphatic heterocycles. The maximum Gasteiger partial charge on any atom is 0.151 e. The van der Waals surface area contributed by atoms with Crippen molar-refractivity contribution < 1.29 is 8.42 Å². The Morgan fingerprint density at radius 3 is 2.44 bits per heavy atom. The van der Waals surface area contributed by atoms with Crippen LogP contribution < -0.4 is 5.32 Å². The summed E-state index contributed by atoms with van der Waals surface area (Å²) in [5.74, 6) is 0. The molecule has 2 saturated carbocycles. The highest BCUT2D eigenvalue weighted by atomic mass is 32.2. The Balaban J connectivity index is 1.89. The summed E-state index contributed by atoms with van der Waals surface area (Å²) in [6.45, 7) is 3.29. The summed E-state index contributed by atoms with van der Waals surface area (Å²) in [5, 5.41) is 3.36. The number of hydrogen-bond donors (Lipinski definition) is 1. The van der Waals surface area contributed by atoms with Crippen LogP contribution in [-0.4, -0.2) is 32.5 Å². The normalized spacial score (nSPS) is 33.6. The molecule has 16 heavy (non-hydrogen) atoms. The number of rotatable bonds is 4. The maximum absolute atomic E-state index is 11.6. The first kappa shape index (κ1) is 12.4. The number of sulfone groups is 1. The van der Waals surface area contributed by atoms with E-state index in [0.717, 1.165) is 25.8 Å². The first-order valence-electron chi connectivity index (χ1n) is 6.33. The van der Waals surface area contributed by atoms with E-state index in [1.54, 1.807) is 0 Å². The topological polar surface area (TPSA) is 46.2 Å². The minimum Gasteiger partial charge on any atom is -0.312 e. The van der Waals surface area contributed by atoms with Gasteiger partial charge in [0.15, 0.2) is 9.84 Å². The van der Waals surface area contributed by atoms with Crippen molar-refractivity contribution >= 4 is 9.84 Å². The minimum absolute atomic E-state index is 0.142. The molecular formula is C12H23NO2S. The van der Waals surface area contributed by atoms with Gasteiger partial charge in [0.25, 0.3) is 0 Å². The van der Waals surface area contributed by atoms with Crippen molar-refractivity contribution in [2.75, 3.05) is 12.8 Å². The second-order valence-electron chi connectivity index (χ2n) is 5.95. The third-order valence-electron chi connectivity index (χ3n) is 4.35. The van der Waals surface area contributed by atoms with Crippen molar-refractivity contribution in [2.24, 2.45) is 5.41 Å². The van der Waals surface area contributed by atoms with Gasteiger partial charge in [-0.3, -0.25) is 0 Å². The first-order chi connectivity index (χ1) is 7.41. The lowest BCUT2D eigenvalue weighted by molar-refractivity contribution is 0.151. The molecular weight excluding hydrogens is 222 g/mol. The van der Waals surface area contributed by atoms with Crippen LogP contribution in [0, 0.1) is 5.41 Å². The predicted octanol–water partition coefficient (Wildman–Crippen LogP) is 1.73. The second kappa shape index (κ2) is 4.30. The van der Waals surface area contributed by atoms with Gasteiger partial charge in [0.2, 0.25) is 0 Å². The summed E-state index contributed by atoms with van der Waals surface area (Å²) in [6.07, 6.45) is 8.20. The van der Waals surface area contributed by atoms with Crippen LogP contribution in [0.2, 0.25) is 0 Å². The number of hydrogen-bond acceptors (Lipinski definition) is 3. The lowest BCUT2D eigenvalue weighted by Crippen LogP contribution is -2.46. The zero-order valence-electron chi connectivity index (χ0n) is 10.3. The van der Waals surface area contributed by atoms with Crippen LogP contribution in [0.25, 0.3) is 0 Å². The van der Waals surface area contributed by atoms with Crippen molar-refractivity contribution in [3.8, 4) is 0 Å². The van der Waals surface area contributed by atoms with Gasteiger partial charge in [-0.05, 0) is 31.1 Å². The molecule has 0 bridgehead atoms. The quantitative estimate of drug-likeness (QED) is 0.820. The lowest BCUT2D eigenvalue weighted by Gasteiger charge is -2.39. The molecule has 2 atom stereocenters. The SMILES string of the molecule is CC1(CNC2CCCC2S(C)(=O)=O)CCC1. The van der Waals surface area contributed by atoms with E-state index in [4.69, 9.17) is 0 Å². The summed E-state index contributed by atoms with van der Waals surface area (Å²) in [4.78, 5) is 0. The van der Waals surface area contributed by atoms with Gasteiger partial charge in [0.05, 0.1) is 5.25 Å². The summed E-state index contributed by atoms with van der Waals surface area (Å²) in [6, 6.07) is 0.201. The van der Waals surface area contributed by atoms with Crippen molar-refractivity contribution in [1.82, 2.24) is 5.32 Å². The van der Waals surface area contributed by atoms with Crippen LogP contribution in [0.5, 0.6) is 0 Å². The van der Waals surface area contributed by atoms with Crippen LogP contribution in [0.1, 0.15) is 45.4 Å². The first-order valence-corrected chi connectivity index (χ1v) is 8.28. The molecule has 2 rings (SSSR count). The van der Waals surface area contributed by atoms with Gasteiger partial charge in [0, 0.05) is 18.8 Å². The van der Waals surface area contributed by atoms with Crippen LogP contribution in [0.4, 0.5) is 0 Å². The molecule has 3 nitrogen and oxygen atoms in total. The van der Waals surface area contributed by atoms with E-state index in [9.17, 15) is 8.42 Å². The highest BCUT2D eigenvalue weighted by molar-refractivity contribution is 7.91. The van der Waals surface area contributed by atoms with Crippen molar-refractivity contribution in [1.29, 1.82) is 0 Å². The zero-order valence-corrected chi connectivity index (χ0v) is 11.1. The fourth-order valence-electron chi connectivity index (χ4n) is 3.01. The molecule has 0 aromatic carbocycles. The van der Waals surface area contributed by atoms with Gasteiger partial charge in [-0.15, -0.1) is 0 Å². The molecule has 94 valence electrons. The van der Waals surface area contributed by atoms with E-state index >= 15 is 0 Å². The maximum atomic E-state index is 11.6. The molecule has 2 unspecified atom stereocenters. The molecule has 4 heteroatoms. The molecule has 0 spiro atoms. The van der Waals surface area contributed by atoms with E-state index in [1.165, 1.54) is 25.5 Å². The van der Waals surface area contributed by atoms with Crippen LogP contribution in [0.3, 0.4) is 0 Å². The molecule has 2 aliphatic carbocycles. The van der Waals surface area contributed by atoms with E-state index in [1.807, 2.05) is 0 Å². The summed E-state index contributed by atoms with van der Waals surface area (Å²) < 4.78 is 23.2. The van der Waals surface area contributed by atoms with Gasteiger partial charge in [-0.25, -0.2) is 8.42 Å².